The van der Waals surface area contributed by atoms with Crippen LogP contribution in [0.4, 0.5) is 0 Å². The van der Waals surface area contributed by atoms with E-state index in [1.807, 2.05) is 24.8 Å². The van der Waals surface area contributed by atoms with Crippen LogP contribution in [0.1, 0.15) is 48.8 Å². The summed E-state index contributed by atoms with van der Waals surface area (Å²) in [7, 11) is 1.78. The van der Waals surface area contributed by atoms with Crippen LogP contribution in [0.5, 0.6) is 0 Å². The quantitative estimate of drug-likeness (QED) is 0.775. The molecule has 6 nitrogen and oxygen atoms in total. The Kier molecular flexibility index (Phi) is 5.14. The summed E-state index contributed by atoms with van der Waals surface area (Å²) < 4.78 is 7.16. The van der Waals surface area contributed by atoms with Crippen molar-refractivity contribution < 1.29 is 9.53 Å². The van der Waals surface area contributed by atoms with Crippen molar-refractivity contribution in [3.8, 4) is 0 Å². The fourth-order valence-electron chi connectivity index (χ4n) is 6.47. The van der Waals surface area contributed by atoms with E-state index in [4.69, 9.17) is 4.74 Å². The van der Waals surface area contributed by atoms with Gasteiger partial charge in [0.1, 0.15) is 5.56 Å². The number of pyridine rings is 1. The zero-order valence-electron chi connectivity index (χ0n) is 18.6. The molecule has 6 heteroatoms. The largest absolute Gasteiger partial charge is 0.379 e. The first-order valence-electron chi connectivity index (χ1n) is 11.0. The van der Waals surface area contributed by atoms with Gasteiger partial charge in [-0.2, -0.15) is 0 Å². The summed E-state index contributed by atoms with van der Waals surface area (Å²) in [6, 6.07) is 1.81. The van der Waals surface area contributed by atoms with E-state index in [1.165, 1.54) is 0 Å². The number of hydrogen-bond donors (Lipinski definition) is 0. The third kappa shape index (κ3) is 3.34. The van der Waals surface area contributed by atoms with E-state index < -0.39 is 0 Å². The maximum absolute atomic E-state index is 13.4. The molecule has 2 aliphatic heterocycles. The second kappa shape index (κ2) is 7.24. The van der Waals surface area contributed by atoms with Crippen molar-refractivity contribution >= 4 is 5.91 Å². The molecule has 0 bridgehead atoms. The Balaban J connectivity index is 1.59. The highest BCUT2D eigenvalue weighted by molar-refractivity contribution is 5.94. The molecule has 3 fully saturated rings. The van der Waals surface area contributed by atoms with Gasteiger partial charge in [0.2, 0.25) is 0 Å². The van der Waals surface area contributed by atoms with Crippen molar-refractivity contribution in [3.63, 3.8) is 0 Å². The van der Waals surface area contributed by atoms with Gasteiger partial charge in [-0.3, -0.25) is 14.5 Å². The van der Waals surface area contributed by atoms with Crippen LogP contribution in [-0.4, -0.2) is 66.2 Å². The van der Waals surface area contributed by atoms with Gasteiger partial charge in [0.05, 0.1) is 13.2 Å². The second-order valence-corrected chi connectivity index (χ2v) is 10.1. The number of nitrogens with zero attached hydrogens (tertiary/aromatic N) is 3. The molecule has 1 amide bonds. The molecule has 1 saturated carbocycles. The molecule has 1 aromatic rings. The van der Waals surface area contributed by atoms with Gasteiger partial charge in [0.15, 0.2) is 0 Å². The van der Waals surface area contributed by atoms with Gasteiger partial charge in [-0.05, 0) is 42.7 Å². The lowest BCUT2D eigenvalue weighted by Crippen LogP contribution is -2.59. The molecule has 0 unspecified atom stereocenters. The first kappa shape index (κ1) is 20.6. The summed E-state index contributed by atoms with van der Waals surface area (Å²) in [5, 5.41) is 0. The lowest BCUT2D eigenvalue weighted by molar-refractivity contribution is -0.0966. The molecule has 160 valence electrons. The fraction of sp³-hybridized carbons (Fsp3) is 0.739. The molecule has 3 heterocycles. The molecule has 0 N–H and O–H groups in total. The van der Waals surface area contributed by atoms with Crippen molar-refractivity contribution in [2.75, 3.05) is 45.9 Å². The fourth-order valence-corrected chi connectivity index (χ4v) is 6.47. The number of rotatable bonds is 4. The normalized spacial score (nSPS) is 28.9. The summed E-state index contributed by atoms with van der Waals surface area (Å²) in [6.07, 6.45) is 1.92. The molecule has 1 aliphatic carbocycles. The summed E-state index contributed by atoms with van der Waals surface area (Å²) in [6.45, 7) is 14.8. The number of ether oxygens (including phenoxy) is 1. The van der Waals surface area contributed by atoms with Crippen LogP contribution in [0.3, 0.4) is 0 Å². The third-order valence-electron chi connectivity index (χ3n) is 7.65. The Labute approximate surface area is 173 Å². The van der Waals surface area contributed by atoms with Gasteiger partial charge in [0.25, 0.3) is 11.5 Å². The highest BCUT2D eigenvalue weighted by Gasteiger charge is 2.63. The third-order valence-corrected chi connectivity index (χ3v) is 7.65. The molecule has 0 aromatic carbocycles. The van der Waals surface area contributed by atoms with Crippen molar-refractivity contribution in [3.05, 3.63) is 33.2 Å². The van der Waals surface area contributed by atoms with Gasteiger partial charge < -0.3 is 14.2 Å². The predicted octanol–water partition coefficient (Wildman–Crippen LogP) is 2.08. The molecule has 1 aromatic heterocycles. The number of morpholine rings is 1. The molecule has 0 radical (unpaired) electrons. The number of aromatic nitrogens is 1. The molecular weight excluding hydrogens is 366 g/mol. The Morgan fingerprint density at radius 1 is 1.28 bits per heavy atom. The maximum atomic E-state index is 13.4. The number of fused-ring (bicyclic) bond motifs is 1. The number of carbonyl (C=O) groups excluding carboxylic acids is 1. The van der Waals surface area contributed by atoms with Crippen LogP contribution in [-0.2, 0) is 18.2 Å². The minimum atomic E-state index is -0.168. The SMILES string of the molecule is CCc1c(C)cc(C(=O)N2C[C@@H]3C(C)(C)C[C@]3(CN3CCOCC3)C2)c(=O)n1C. The van der Waals surface area contributed by atoms with Crippen molar-refractivity contribution in [1.29, 1.82) is 0 Å². The highest BCUT2D eigenvalue weighted by Crippen LogP contribution is 2.63. The Morgan fingerprint density at radius 2 is 1.97 bits per heavy atom. The summed E-state index contributed by atoms with van der Waals surface area (Å²) in [4.78, 5) is 30.8. The molecule has 29 heavy (non-hydrogen) atoms. The van der Waals surface area contributed by atoms with Crippen molar-refractivity contribution in [2.24, 2.45) is 23.8 Å². The molecule has 2 saturated heterocycles. The van der Waals surface area contributed by atoms with Crippen LogP contribution in [0.15, 0.2) is 10.9 Å². The predicted molar refractivity (Wildman–Crippen MR) is 113 cm³/mol. The number of likely N-dealkylation sites (tertiary alicyclic amines) is 1. The van der Waals surface area contributed by atoms with Crippen molar-refractivity contribution in [2.45, 2.75) is 40.5 Å². The molecular formula is C23H35N3O3. The van der Waals surface area contributed by atoms with Crippen LogP contribution in [0.25, 0.3) is 0 Å². The zero-order chi connectivity index (χ0) is 21.0. The van der Waals surface area contributed by atoms with Gasteiger partial charge in [0, 0.05) is 50.9 Å². The molecule has 2 atom stereocenters. The molecule has 0 spiro atoms. The van der Waals surface area contributed by atoms with Crippen LogP contribution < -0.4 is 5.56 Å². The average Bonchev–Trinajstić information content (AvgIpc) is 3.00. The Morgan fingerprint density at radius 3 is 2.59 bits per heavy atom. The van der Waals surface area contributed by atoms with E-state index >= 15 is 0 Å². The van der Waals surface area contributed by atoms with E-state index in [9.17, 15) is 9.59 Å². The van der Waals surface area contributed by atoms with Gasteiger partial charge in [-0.15, -0.1) is 0 Å². The minimum Gasteiger partial charge on any atom is -0.379 e. The zero-order valence-corrected chi connectivity index (χ0v) is 18.6. The van der Waals surface area contributed by atoms with Gasteiger partial charge >= 0.3 is 0 Å². The summed E-state index contributed by atoms with van der Waals surface area (Å²) >= 11 is 0. The number of amides is 1. The second-order valence-electron chi connectivity index (χ2n) is 10.1. The number of hydrogen-bond acceptors (Lipinski definition) is 4. The van der Waals surface area contributed by atoms with E-state index in [2.05, 4.69) is 18.7 Å². The van der Waals surface area contributed by atoms with Gasteiger partial charge in [-0.1, -0.05) is 20.8 Å². The lowest BCUT2D eigenvalue weighted by Gasteiger charge is -2.58. The number of carbonyl (C=O) groups is 1. The van der Waals surface area contributed by atoms with Crippen LogP contribution in [0.2, 0.25) is 0 Å². The van der Waals surface area contributed by atoms with Crippen LogP contribution in [0, 0.1) is 23.7 Å². The Bertz CT molecular complexity index is 869. The van der Waals surface area contributed by atoms with Gasteiger partial charge in [-0.25, -0.2) is 0 Å². The standard InChI is InChI=1S/C23H35N3O3/c1-6-18-16(2)11-17(20(27)24(18)5)21(28)26-12-19-22(3,4)13-23(19,15-26)14-25-7-9-29-10-8-25/h11,19H,6-10,12-15H2,1-5H3/t19-,23+/m1/s1. The first-order chi connectivity index (χ1) is 13.7. The lowest BCUT2D eigenvalue weighted by atomic mass is 9.48. The maximum Gasteiger partial charge on any atom is 0.263 e. The van der Waals surface area contributed by atoms with E-state index in [1.54, 1.807) is 11.6 Å². The smallest absolute Gasteiger partial charge is 0.263 e. The van der Waals surface area contributed by atoms with E-state index in [-0.39, 0.29) is 22.3 Å². The van der Waals surface area contributed by atoms with Crippen molar-refractivity contribution in [1.82, 2.24) is 14.4 Å². The summed E-state index contributed by atoms with van der Waals surface area (Å²) in [5.41, 5.74) is 2.57. The van der Waals surface area contributed by atoms with Crippen LogP contribution >= 0.6 is 0 Å². The Hall–Kier alpha value is -1.66. The minimum absolute atomic E-state index is 0.0945. The molecule has 4 rings (SSSR count). The molecule has 3 aliphatic rings. The first-order valence-corrected chi connectivity index (χ1v) is 11.0. The average molecular weight is 402 g/mol. The number of aryl methyl sites for hydroxylation is 1. The summed E-state index contributed by atoms with van der Waals surface area (Å²) in [5.74, 6) is 0.393. The van der Waals surface area contributed by atoms with E-state index in [0.29, 0.717) is 11.5 Å². The highest BCUT2D eigenvalue weighted by atomic mass is 16.5. The topological polar surface area (TPSA) is 54.8 Å². The van der Waals surface area contributed by atoms with E-state index in [0.717, 1.165) is 70.0 Å². The monoisotopic (exact) mass is 401 g/mol.